The molecule has 0 saturated heterocycles. The Hall–Kier alpha value is -3.13. The Labute approximate surface area is 186 Å². The third-order valence-corrected chi connectivity index (χ3v) is 5.75. The molecule has 0 bridgehead atoms. The van der Waals surface area contributed by atoms with Gasteiger partial charge in [0.25, 0.3) is 0 Å². The summed E-state index contributed by atoms with van der Waals surface area (Å²) in [6.07, 6.45) is 2.00. The molecule has 0 saturated carbocycles. The summed E-state index contributed by atoms with van der Waals surface area (Å²) in [5.41, 5.74) is 4.25. The monoisotopic (exact) mass is 438 g/mol. The number of rotatable bonds is 9. The lowest BCUT2D eigenvalue weighted by Crippen LogP contribution is -2.44. The molecule has 162 valence electrons. The van der Waals surface area contributed by atoms with Crippen molar-refractivity contribution in [3.8, 4) is 5.69 Å². The van der Waals surface area contributed by atoms with Crippen LogP contribution in [-0.4, -0.2) is 45.0 Å². The highest BCUT2D eigenvalue weighted by Gasteiger charge is 2.23. The summed E-state index contributed by atoms with van der Waals surface area (Å²) in [5.74, 6) is -0.606. The standard InChI is InChI=1S/C23H26N4O3S/c1-4-30-22(29)20(13-18-8-6-5-7-9-18)25-21(28)14-31-23-26-24-15-27(23)19-11-10-16(2)17(3)12-19/h5-12,15,20H,4,13-14H2,1-3H3,(H,25,28). The number of carbonyl (C=O) groups excluding carboxylic acids is 2. The minimum absolute atomic E-state index is 0.105. The zero-order valence-electron chi connectivity index (χ0n) is 17.9. The zero-order chi connectivity index (χ0) is 22.2. The van der Waals surface area contributed by atoms with Gasteiger partial charge >= 0.3 is 5.97 Å². The molecular formula is C23H26N4O3S. The van der Waals surface area contributed by atoms with Crippen molar-refractivity contribution in [2.75, 3.05) is 12.4 Å². The number of aryl methyl sites for hydroxylation is 2. The molecule has 0 spiro atoms. The van der Waals surface area contributed by atoms with E-state index in [2.05, 4.69) is 28.5 Å². The highest BCUT2D eigenvalue weighted by Crippen LogP contribution is 2.21. The number of thioether (sulfide) groups is 1. The average molecular weight is 439 g/mol. The van der Waals surface area contributed by atoms with Gasteiger partial charge in [0.05, 0.1) is 12.4 Å². The van der Waals surface area contributed by atoms with Crippen molar-refractivity contribution >= 4 is 23.6 Å². The SMILES string of the molecule is CCOC(=O)C(Cc1ccccc1)NC(=O)CSc1nncn1-c1ccc(C)c(C)c1. The number of nitrogens with zero attached hydrogens (tertiary/aromatic N) is 3. The molecule has 0 radical (unpaired) electrons. The van der Waals surface area contributed by atoms with E-state index in [-0.39, 0.29) is 18.3 Å². The van der Waals surface area contributed by atoms with Crippen LogP contribution in [0.25, 0.3) is 5.69 Å². The number of nitrogens with one attached hydrogen (secondary N) is 1. The first kappa shape index (κ1) is 22.6. The summed E-state index contributed by atoms with van der Waals surface area (Å²) in [4.78, 5) is 24.9. The highest BCUT2D eigenvalue weighted by atomic mass is 32.2. The van der Waals surface area contributed by atoms with Crippen LogP contribution in [-0.2, 0) is 20.7 Å². The van der Waals surface area contributed by atoms with Gasteiger partial charge in [-0.2, -0.15) is 0 Å². The number of hydrogen-bond acceptors (Lipinski definition) is 6. The first-order chi connectivity index (χ1) is 15.0. The first-order valence-corrected chi connectivity index (χ1v) is 11.1. The quantitative estimate of drug-likeness (QED) is 0.408. The Morgan fingerprint density at radius 2 is 1.90 bits per heavy atom. The fourth-order valence-corrected chi connectivity index (χ4v) is 3.77. The number of aromatic nitrogens is 3. The van der Waals surface area contributed by atoms with Crippen molar-refractivity contribution < 1.29 is 14.3 Å². The fraction of sp³-hybridized carbons (Fsp3) is 0.304. The normalized spacial score (nSPS) is 11.7. The lowest BCUT2D eigenvalue weighted by atomic mass is 10.1. The van der Waals surface area contributed by atoms with Crippen LogP contribution in [0.15, 0.2) is 60.0 Å². The number of ether oxygens (including phenoxy) is 1. The summed E-state index contributed by atoms with van der Waals surface area (Å²) in [6.45, 7) is 6.11. The minimum atomic E-state index is -0.743. The molecule has 1 heterocycles. The molecule has 0 aliphatic heterocycles. The number of amides is 1. The van der Waals surface area contributed by atoms with E-state index in [1.807, 2.05) is 54.0 Å². The van der Waals surface area contributed by atoms with Crippen molar-refractivity contribution in [2.45, 2.75) is 38.4 Å². The molecule has 7 nitrogen and oxygen atoms in total. The van der Waals surface area contributed by atoms with Gasteiger partial charge < -0.3 is 10.1 Å². The molecule has 3 aromatic rings. The van der Waals surface area contributed by atoms with E-state index in [1.54, 1.807) is 13.3 Å². The maximum atomic E-state index is 12.6. The molecule has 1 aromatic heterocycles. The van der Waals surface area contributed by atoms with E-state index >= 15 is 0 Å². The lowest BCUT2D eigenvalue weighted by Gasteiger charge is -2.17. The number of benzene rings is 2. The minimum Gasteiger partial charge on any atom is -0.464 e. The van der Waals surface area contributed by atoms with Crippen molar-refractivity contribution in [1.82, 2.24) is 20.1 Å². The van der Waals surface area contributed by atoms with Crippen LogP contribution in [0.1, 0.15) is 23.6 Å². The van der Waals surface area contributed by atoms with Gasteiger partial charge in [0.2, 0.25) is 5.91 Å². The molecule has 0 aliphatic rings. The Balaban J connectivity index is 1.65. The van der Waals surface area contributed by atoms with Crippen LogP contribution >= 0.6 is 11.8 Å². The van der Waals surface area contributed by atoms with Crippen LogP contribution in [0.5, 0.6) is 0 Å². The molecule has 31 heavy (non-hydrogen) atoms. The number of hydrogen-bond donors (Lipinski definition) is 1. The van der Waals surface area contributed by atoms with Gasteiger partial charge in [-0.05, 0) is 49.6 Å². The maximum Gasteiger partial charge on any atom is 0.328 e. The summed E-state index contributed by atoms with van der Waals surface area (Å²) in [5, 5.41) is 11.5. The number of carbonyl (C=O) groups is 2. The zero-order valence-corrected chi connectivity index (χ0v) is 18.7. The van der Waals surface area contributed by atoms with Crippen LogP contribution in [0.2, 0.25) is 0 Å². The molecule has 1 amide bonds. The van der Waals surface area contributed by atoms with Crippen molar-refractivity contribution in [3.05, 3.63) is 71.5 Å². The largest absolute Gasteiger partial charge is 0.464 e. The molecule has 0 aliphatic carbocycles. The molecule has 8 heteroatoms. The van der Waals surface area contributed by atoms with E-state index in [9.17, 15) is 9.59 Å². The van der Waals surface area contributed by atoms with Gasteiger partial charge in [0.1, 0.15) is 12.4 Å². The Morgan fingerprint density at radius 1 is 1.13 bits per heavy atom. The second kappa shape index (κ2) is 10.8. The molecule has 0 fully saturated rings. The third-order valence-electron chi connectivity index (χ3n) is 4.81. The second-order valence-electron chi connectivity index (χ2n) is 7.10. The summed E-state index contributed by atoms with van der Waals surface area (Å²) >= 11 is 1.27. The highest BCUT2D eigenvalue weighted by molar-refractivity contribution is 7.99. The van der Waals surface area contributed by atoms with Gasteiger partial charge in [-0.1, -0.05) is 48.2 Å². The summed E-state index contributed by atoms with van der Waals surface area (Å²) in [6, 6.07) is 14.9. The van der Waals surface area contributed by atoms with Gasteiger partial charge in [-0.15, -0.1) is 10.2 Å². The van der Waals surface area contributed by atoms with Gasteiger partial charge in [0, 0.05) is 12.1 Å². The van der Waals surface area contributed by atoms with E-state index in [1.165, 1.54) is 17.3 Å². The maximum absolute atomic E-state index is 12.6. The van der Waals surface area contributed by atoms with Gasteiger partial charge in [-0.25, -0.2) is 4.79 Å². The smallest absolute Gasteiger partial charge is 0.328 e. The van der Waals surface area contributed by atoms with Crippen LogP contribution in [0.4, 0.5) is 0 Å². The van der Waals surface area contributed by atoms with E-state index in [0.717, 1.165) is 16.8 Å². The first-order valence-electron chi connectivity index (χ1n) is 10.1. The average Bonchev–Trinajstić information content (AvgIpc) is 3.23. The van der Waals surface area contributed by atoms with Crippen molar-refractivity contribution in [1.29, 1.82) is 0 Å². The predicted molar refractivity (Wildman–Crippen MR) is 120 cm³/mol. The summed E-state index contributed by atoms with van der Waals surface area (Å²) < 4.78 is 6.98. The van der Waals surface area contributed by atoms with Gasteiger partial charge in [-0.3, -0.25) is 9.36 Å². The Morgan fingerprint density at radius 3 is 2.61 bits per heavy atom. The topological polar surface area (TPSA) is 86.1 Å². The third kappa shape index (κ3) is 6.18. The molecule has 1 unspecified atom stereocenters. The van der Waals surface area contributed by atoms with Crippen molar-refractivity contribution in [2.24, 2.45) is 0 Å². The fourth-order valence-electron chi connectivity index (χ4n) is 3.03. The molecule has 1 atom stereocenters. The molecule has 2 aromatic carbocycles. The van der Waals surface area contributed by atoms with E-state index in [0.29, 0.717) is 11.6 Å². The lowest BCUT2D eigenvalue weighted by molar-refractivity contribution is -0.147. The second-order valence-corrected chi connectivity index (χ2v) is 8.05. The summed E-state index contributed by atoms with van der Waals surface area (Å²) in [7, 11) is 0. The number of esters is 1. The molecule has 1 N–H and O–H groups in total. The Bertz CT molecular complexity index is 1040. The van der Waals surface area contributed by atoms with Gasteiger partial charge in [0.15, 0.2) is 5.16 Å². The van der Waals surface area contributed by atoms with E-state index < -0.39 is 12.0 Å². The molecular weight excluding hydrogens is 412 g/mol. The van der Waals surface area contributed by atoms with Crippen LogP contribution in [0, 0.1) is 13.8 Å². The Kier molecular flexibility index (Phi) is 7.83. The molecule has 3 rings (SSSR count). The predicted octanol–water partition coefficient (Wildman–Crippen LogP) is 3.27. The van der Waals surface area contributed by atoms with Crippen LogP contribution in [0.3, 0.4) is 0 Å². The van der Waals surface area contributed by atoms with E-state index in [4.69, 9.17) is 4.74 Å². The van der Waals surface area contributed by atoms with Crippen LogP contribution < -0.4 is 5.32 Å². The van der Waals surface area contributed by atoms with Crippen molar-refractivity contribution in [3.63, 3.8) is 0 Å².